The first-order valence-corrected chi connectivity index (χ1v) is 9.44. The summed E-state index contributed by atoms with van der Waals surface area (Å²) in [5, 5.41) is 0. The first-order chi connectivity index (χ1) is 12.7. The van der Waals surface area contributed by atoms with Crippen LogP contribution < -0.4 is 5.73 Å². The van der Waals surface area contributed by atoms with Crippen molar-refractivity contribution in [2.75, 3.05) is 18.8 Å². The molecule has 2 aromatic heterocycles. The third-order valence-corrected chi connectivity index (χ3v) is 5.03. The summed E-state index contributed by atoms with van der Waals surface area (Å²) in [6, 6.07) is 4.03. The van der Waals surface area contributed by atoms with Gasteiger partial charge in [-0.2, -0.15) is 0 Å². The molecule has 3 rings (SSSR count). The Morgan fingerprint density at radius 3 is 2.77 bits per heavy atom. The molecule has 138 valence electrons. The third kappa shape index (κ3) is 5.51. The van der Waals surface area contributed by atoms with Crippen LogP contribution >= 0.6 is 0 Å². The van der Waals surface area contributed by atoms with E-state index in [2.05, 4.69) is 15.0 Å². The summed E-state index contributed by atoms with van der Waals surface area (Å²) in [6.07, 6.45) is 13.6. The number of hydrogen-bond acceptors (Lipinski definition) is 5. The summed E-state index contributed by atoms with van der Waals surface area (Å²) in [7, 11) is 0. The maximum absolute atomic E-state index is 12.5. The normalized spacial score (nSPS) is 17.7. The Hall–Kier alpha value is -2.50. The molecule has 2 N–H and O–H groups in total. The van der Waals surface area contributed by atoms with Crippen molar-refractivity contribution in [1.29, 1.82) is 0 Å². The highest BCUT2D eigenvalue weighted by atomic mass is 16.2. The van der Waals surface area contributed by atoms with Crippen LogP contribution in [0.25, 0.3) is 0 Å². The van der Waals surface area contributed by atoms with E-state index in [1.807, 2.05) is 17.0 Å². The van der Waals surface area contributed by atoms with Crippen molar-refractivity contribution in [3.05, 3.63) is 48.2 Å². The van der Waals surface area contributed by atoms with Crippen molar-refractivity contribution in [1.82, 2.24) is 19.9 Å². The molecule has 0 unspecified atom stereocenters. The Bertz CT molecular complexity index is 689. The lowest BCUT2D eigenvalue weighted by molar-refractivity contribution is -0.131. The van der Waals surface area contributed by atoms with Gasteiger partial charge in [0, 0.05) is 31.9 Å². The highest BCUT2D eigenvalue weighted by molar-refractivity contribution is 5.76. The number of hydrogen-bond donors (Lipinski definition) is 1. The van der Waals surface area contributed by atoms with Crippen LogP contribution in [0, 0.1) is 5.92 Å². The molecule has 2 aromatic rings. The molecule has 0 radical (unpaired) electrons. The Balaban J connectivity index is 1.42. The Labute approximate surface area is 154 Å². The fourth-order valence-corrected chi connectivity index (χ4v) is 3.54. The van der Waals surface area contributed by atoms with Gasteiger partial charge in [0.05, 0.1) is 18.1 Å². The second-order valence-corrected chi connectivity index (χ2v) is 7.02. The molecule has 3 heterocycles. The number of carbonyl (C=O) groups is 1. The first-order valence-electron chi connectivity index (χ1n) is 9.44. The summed E-state index contributed by atoms with van der Waals surface area (Å²) < 4.78 is 0. The summed E-state index contributed by atoms with van der Waals surface area (Å²) in [4.78, 5) is 27.1. The fraction of sp³-hybridized carbons (Fsp3) is 0.500. The Kier molecular flexibility index (Phi) is 6.52. The van der Waals surface area contributed by atoms with Crippen LogP contribution in [0.5, 0.6) is 0 Å². The minimum absolute atomic E-state index is 0.284. The molecule has 0 spiro atoms. The lowest BCUT2D eigenvalue weighted by Crippen LogP contribution is -2.31. The zero-order valence-electron chi connectivity index (χ0n) is 15.2. The van der Waals surface area contributed by atoms with Crippen LogP contribution in [0.4, 0.5) is 5.82 Å². The van der Waals surface area contributed by atoms with Crippen LogP contribution in [0.15, 0.2) is 36.9 Å². The molecule has 0 aromatic carbocycles. The maximum Gasteiger partial charge on any atom is 0.222 e. The summed E-state index contributed by atoms with van der Waals surface area (Å²) in [6.45, 7) is 1.72. The zero-order valence-corrected chi connectivity index (χ0v) is 15.2. The van der Waals surface area contributed by atoms with E-state index in [1.54, 1.807) is 24.8 Å². The minimum atomic E-state index is 0.284. The van der Waals surface area contributed by atoms with Crippen LogP contribution in [-0.4, -0.2) is 38.8 Å². The highest BCUT2D eigenvalue weighted by Gasteiger charge is 2.21. The quantitative estimate of drug-likeness (QED) is 0.863. The molecule has 0 aliphatic carbocycles. The highest BCUT2D eigenvalue weighted by Crippen LogP contribution is 2.22. The summed E-state index contributed by atoms with van der Waals surface area (Å²) in [5.74, 6) is 1.30. The monoisotopic (exact) mass is 353 g/mol. The summed E-state index contributed by atoms with van der Waals surface area (Å²) >= 11 is 0. The van der Waals surface area contributed by atoms with Gasteiger partial charge in [-0.3, -0.25) is 14.8 Å². The SMILES string of the molecule is Nc1cnc(C[C@@H]2CCCN(C(=O)CCCc3ccncc3)CC2)cn1. The van der Waals surface area contributed by atoms with E-state index in [9.17, 15) is 4.79 Å². The molecule has 1 aliphatic rings. The first kappa shape index (κ1) is 18.3. The average molecular weight is 353 g/mol. The predicted molar refractivity (Wildman–Crippen MR) is 101 cm³/mol. The number of aromatic nitrogens is 3. The maximum atomic E-state index is 12.5. The molecule has 26 heavy (non-hydrogen) atoms. The van der Waals surface area contributed by atoms with Crippen LogP contribution in [0.2, 0.25) is 0 Å². The lowest BCUT2D eigenvalue weighted by Gasteiger charge is -2.20. The Morgan fingerprint density at radius 1 is 1.15 bits per heavy atom. The van der Waals surface area contributed by atoms with Crippen molar-refractivity contribution in [3.8, 4) is 0 Å². The van der Waals surface area contributed by atoms with Gasteiger partial charge in [-0.25, -0.2) is 4.98 Å². The molecule has 1 amide bonds. The molecule has 1 fully saturated rings. The number of carbonyl (C=O) groups excluding carboxylic acids is 1. The van der Waals surface area contributed by atoms with Gasteiger partial charge in [0.25, 0.3) is 0 Å². The fourth-order valence-electron chi connectivity index (χ4n) is 3.54. The molecule has 1 atom stereocenters. The number of anilines is 1. The number of nitrogens with two attached hydrogens (primary N) is 1. The largest absolute Gasteiger partial charge is 0.382 e. The smallest absolute Gasteiger partial charge is 0.222 e. The van der Waals surface area contributed by atoms with Gasteiger partial charge < -0.3 is 10.6 Å². The van der Waals surface area contributed by atoms with Gasteiger partial charge in [-0.05, 0) is 62.1 Å². The summed E-state index contributed by atoms with van der Waals surface area (Å²) in [5.41, 5.74) is 7.82. The lowest BCUT2D eigenvalue weighted by atomic mass is 9.95. The van der Waals surface area contributed by atoms with E-state index in [4.69, 9.17) is 5.73 Å². The van der Waals surface area contributed by atoms with Crippen molar-refractivity contribution in [3.63, 3.8) is 0 Å². The minimum Gasteiger partial charge on any atom is -0.382 e. The van der Waals surface area contributed by atoms with Crippen molar-refractivity contribution in [2.24, 2.45) is 5.92 Å². The number of amides is 1. The molecule has 0 bridgehead atoms. The van der Waals surface area contributed by atoms with Crippen LogP contribution in [-0.2, 0) is 17.6 Å². The topological polar surface area (TPSA) is 85.0 Å². The van der Waals surface area contributed by atoms with E-state index in [0.717, 1.165) is 57.3 Å². The van der Waals surface area contributed by atoms with Gasteiger partial charge in [0.15, 0.2) is 0 Å². The molecule has 1 saturated heterocycles. The van der Waals surface area contributed by atoms with Crippen molar-refractivity contribution >= 4 is 11.7 Å². The van der Waals surface area contributed by atoms with E-state index in [0.29, 0.717) is 18.2 Å². The second-order valence-electron chi connectivity index (χ2n) is 7.02. The van der Waals surface area contributed by atoms with Crippen LogP contribution in [0.1, 0.15) is 43.4 Å². The average Bonchev–Trinajstić information content (AvgIpc) is 2.90. The molecule has 0 saturated carbocycles. The molecular weight excluding hydrogens is 326 g/mol. The number of rotatable bonds is 6. The van der Waals surface area contributed by atoms with Crippen LogP contribution in [0.3, 0.4) is 0 Å². The van der Waals surface area contributed by atoms with E-state index in [1.165, 1.54) is 5.56 Å². The van der Waals surface area contributed by atoms with E-state index >= 15 is 0 Å². The number of likely N-dealkylation sites (tertiary alicyclic amines) is 1. The molecular formula is C20H27N5O. The Morgan fingerprint density at radius 2 is 2.00 bits per heavy atom. The third-order valence-electron chi connectivity index (χ3n) is 5.03. The standard InChI is InChI=1S/C20H27N5O/c21-19-15-23-18(14-24-19)13-17-4-2-11-25(12-8-17)20(26)5-1-3-16-6-9-22-10-7-16/h6-7,9-10,14-15,17H,1-5,8,11-13H2,(H2,21,24)/t17-/m1/s1. The van der Waals surface area contributed by atoms with Gasteiger partial charge in [-0.15, -0.1) is 0 Å². The van der Waals surface area contributed by atoms with Gasteiger partial charge in [0.1, 0.15) is 5.82 Å². The van der Waals surface area contributed by atoms with Crippen molar-refractivity contribution in [2.45, 2.75) is 44.9 Å². The number of pyridine rings is 1. The molecule has 6 nitrogen and oxygen atoms in total. The van der Waals surface area contributed by atoms with Crippen molar-refractivity contribution < 1.29 is 4.79 Å². The zero-order chi connectivity index (χ0) is 18.2. The second kappa shape index (κ2) is 9.27. The molecule has 1 aliphatic heterocycles. The van der Waals surface area contributed by atoms with E-state index < -0.39 is 0 Å². The van der Waals surface area contributed by atoms with Gasteiger partial charge in [-0.1, -0.05) is 0 Å². The predicted octanol–water partition coefficient (Wildman–Crippen LogP) is 2.65. The number of nitrogen functional groups attached to an aromatic ring is 1. The number of nitrogens with zero attached hydrogens (tertiary/aromatic N) is 4. The molecule has 6 heteroatoms. The number of aryl methyl sites for hydroxylation is 1. The van der Waals surface area contributed by atoms with E-state index in [-0.39, 0.29) is 5.91 Å². The van der Waals surface area contributed by atoms with Gasteiger partial charge in [0.2, 0.25) is 5.91 Å². The van der Waals surface area contributed by atoms with Gasteiger partial charge >= 0.3 is 0 Å².